The minimum absolute atomic E-state index is 0.134. The van der Waals surface area contributed by atoms with Gasteiger partial charge in [-0.25, -0.2) is 4.39 Å². The molecule has 2 saturated heterocycles. The quantitative estimate of drug-likeness (QED) is 0.268. The van der Waals surface area contributed by atoms with Crippen LogP contribution in [0, 0.1) is 5.82 Å². The number of imide groups is 1. The molecule has 0 radical (unpaired) electrons. The molecule has 7 rings (SSSR count). The Balaban J connectivity index is 0.939. The average Bonchev–Trinajstić information content (AvgIpc) is 3.56. The van der Waals surface area contributed by atoms with Crippen LogP contribution in [0.25, 0.3) is 22.4 Å². The SMILES string of the molecule is Nc1nnc(-c2ccccc2O)cc1-c1cnn(C2CCC(N3CCN(c4ccc(C5CCC(=O)NC5=O)cc4F)CC3)CC2)c1. The van der Waals surface area contributed by atoms with Crippen molar-refractivity contribution in [1.82, 2.24) is 30.2 Å². The van der Waals surface area contributed by atoms with Gasteiger partial charge in [-0.15, -0.1) is 10.2 Å². The normalized spacial score (nSPS) is 22.5. The zero-order valence-corrected chi connectivity index (χ0v) is 25.5. The van der Waals surface area contributed by atoms with E-state index >= 15 is 4.39 Å². The number of hydrogen-bond donors (Lipinski definition) is 3. The Morgan fingerprint density at radius 3 is 2.39 bits per heavy atom. The Hall–Kier alpha value is -4.84. The fraction of sp³-hybridized carbons (Fsp3) is 0.382. The molecule has 1 atom stereocenters. The third-order valence-corrected chi connectivity index (χ3v) is 9.74. The lowest BCUT2D eigenvalue weighted by Gasteiger charge is -2.42. The van der Waals surface area contributed by atoms with Crippen molar-refractivity contribution in [3.63, 3.8) is 0 Å². The summed E-state index contributed by atoms with van der Waals surface area (Å²) in [6, 6.07) is 14.7. The maximum Gasteiger partial charge on any atom is 0.234 e. The fourth-order valence-electron chi connectivity index (χ4n) is 7.15. The third-order valence-electron chi connectivity index (χ3n) is 9.74. The average molecular weight is 625 g/mol. The molecule has 2 amide bonds. The monoisotopic (exact) mass is 624 g/mol. The molecular weight excluding hydrogens is 587 g/mol. The molecule has 2 aliphatic heterocycles. The summed E-state index contributed by atoms with van der Waals surface area (Å²) in [6.07, 6.45) is 8.65. The largest absolute Gasteiger partial charge is 0.507 e. The predicted molar refractivity (Wildman–Crippen MR) is 171 cm³/mol. The van der Waals surface area contributed by atoms with E-state index in [0.717, 1.165) is 63.0 Å². The Labute approximate surface area is 266 Å². The van der Waals surface area contributed by atoms with Crippen molar-refractivity contribution < 1.29 is 19.1 Å². The first-order valence-electron chi connectivity index (χ1n) is 15.9. The lowest BCUT2D eigenvalue weighted by molar-refractivity contribution is -0.134. The molecule has 3 aliphatic rings. The number of nitrogen functional groups attached to an aromatic ring is 1. The van der Waals surface area contributed by atoms with Crippen LogP contribution in [0.1, 0.15) is 56.0 Å². The van der Waals surface area contributed by atoms with Gasteiger partial charge in [0.05, 0.1) is 29.5 Å². The third kappa shape index (κ3) is 5.92. The van der Waals surface area contributed by atoms with Crippen LogP contribution in [-0.2, 0) is 9.59 Å². The first-order valence-corrected chi connectivity index (χ1v) is 15.9. The minimum atomic E-state index is -0.491. The molecule has 4 heterocycles. The van der Waals surface area contributed by atoms with E-state index in [1.165, 1.54) is 6.07 Å². The summed E-state index contributed by atoms with van der Waals surface area (Å²) in [5.74, 6) is -0.995. The maximum absolute atomic E-state index is 15.2. The van der Waals surface area contributed by atoms with Crippen molar-refractivity contribution in [1.29, 1.82) is 0 Å². The van der Waals surface area contributed by atoms with E-state index < -0.39 is 5.92 Å². The number of phenols is 1. The maximum atomic E-state index is 15.2. The number of piperazine rings is 1. The molecule has 0 bridgehead atoms. The van der Waals surface area contributed by atoms with E-state index in [-0.39, 0.29) is 35.8 Å². The molecule has 1 aliphatic carbocycles. The lowest BCUT2D eigenvalue weighted by atomic mass is 9.89. The van der Waals surface area contributed by atoms with Crippen LogP contribution in [0.3, 0.4) is 0 Å². The first-order chi connectivity index (χ1) is 22.3. The van der Waals surface area contributed by atoms with Gasteiger partial charge >= 0.3 is 0 Å². The van der Waals surface area contributed by atoms with Gasteiger partial charge in [-0.1, -0.05) is 18.2 Å². The fourth-order valence-corrected chi connectivity index (χ4v) is 7.15. The van der Waals surface area contributed by atoms with E-state index in [0.29, 0.717) is 40.8 Å². The zero-order valence-electron chi connectivity index (χ0n) is 25.5. The van der Waals surface area contributed by atoms with Crippen LogP contribution >= 0.6 is 0 Å². The number of anilines is 2. The molecular formula is C34H37FN8O3. The van der Waals surface area contributed by atoms with Crippen LogP contribution < -0.4 is 16.0 Å². The second-order valence-electron chi connectivity index (χ2n) is 12.5. The summed E-state index contributed by atoms with van der Waals surface area (Å²) in [5, 5.41) is 25.6. The van der Waals surface area contributed by atoms with Gasteiger partial charge in [0.15, 0.2) is 5.82 Å². The topological polar surface area (TPSA) is 142 Å². The van der Waals surface area contributed by atoms with Gasteiger partial charge in [0.2, 0.25) is 11.8 Å². The summed E-state index contributed by atoms with van der Waals surface area (Å²) in [7, 11) is 0. The number of aromatic hydroxyl groups is 1. The van der Waals surface area contributed by atoms with E-state index in [4.69, 9.17) is 5.73 Å². The summed E-state index contributed by atoms with van der Waals surface area (Å²) in [6.45, 7) is 3.20. The van der Waals surface area contributed by atoms with Crippen molar-refractivity contribution in [2.45, 2.75) is 56.5 Å². The first kappa shape index (κ1) is 29.8. The Morgan fingerprint density at radius 2 is 1.65 bits per heavy atom. The Kier molecular flexibility index (Phi) is 8.12. The van der Waals surface area contributed by atoms with E-state index in [1.807, 2.05) is 35.3 Å². The summed E-state index contributed by atoms with van der Waals surface area (Å²) >= 11 is 0. The second kappa shape index (κ2) is 12.5. The summed E-state index contributed by atoms with van der Waals surface area (Å²) in [5.41, 5.74) is 10.1. The van der Waals surface area contributed by atoms with Crippen molar-refractivity contribution in [2.24, 2.45) is 0 Å². The predicted octanol–water partition coefficient (Wildman–Crippen LogP) is 4.26. The van der Waals surface area contributed by atoms with Crippen molar-refractivity contribution in [3.8, 4) is 28.1 Å². The van der Waals surface area contributed by atoms with Gasteiger partial charge in [0.25, 0.3) is 0 Å². The van der Waals surface area contributed by atoms with Crippen LogP contribution in [0.4, 0.5) is 15.9 Å². The number of hydrogen-bond acceptors (Lipinski definition) is 9. The van der Waals surface area contributed by atoms with Gasteiger partial charge in [0.1, 0.15) is 11.6 Å². The van der Waals surface area contributed by atoms with Gasteiger partial charge in [-0.05, 0) is 68.0 Å². The molecule has 2 aromatic heterocycles. The van der Waals surface area contributed by atoms with Crippen molar-refractivity contribution in [2.75, 3.05) is 36.8 Å². The number of piperidine rings is 1. The highest BCUT2D eigenvalue weighted by molar-refractivity contribution is 6.01. The molecule has 12 heteroatoms. The van der Waals surface area contributed by atoms with Crippen LogP contribution in [0.2, 0.25) is 0 Å². The Morgan fingerprint density at radius 1 is 0.891 bits per heavy atom. The van der Waals surface area contributed by atoms with Crippen LogP contribution in [-0.4, -0.2) is 74.0 Å². The number of benzene rings is 2. The van der Waals surface area contributed by atoms with Crippen LogP contribution in [0.5, 0.6) is 5.75 Å². The molecule has 11 nitrogen and oxygen atoms in total. The highest BCUT2D eigenvalue weighted by Gasteiger charge is 2.31. The molecule has 4 N–H and O–H groups in total. The van der Waals surface area contributed by atoms with E-state index in [9.17, 15) is 14.7 Å². The van der Waals surface area contributed by atoms with Gasteiger partial charge < -0.3 is 15.7 Å². The van der Waals surface area contributed by atoms with E-state index in [2.05, 4.69) is 30.4 Å². The number of aromatic nitrogens is 4. The second-order valence-corrected chi connectivity index (χ2v) is 12.5. The zero-order chi connectivity index (χ0) is 31.8. The lowest BCUT2D eigenvalue weighted by Crippen LogP contribution is -2.51. The van der Waals surface area contributed by atoms with Crippen LogP contribution in [0.15, 0.2) is 60.9 Å². The number of nitrogens with two attached hydrogens (primary N) is 1. The molecule has 0 spiro atoms. The number of phenolic OH excluding ortho intramolecular Hbond substituents is 1. The molecule has 1 unspecified atom stereocenters. The number of halogens is 1. The number of carbonyl (C=O) groups excluding carboxylic acids is 2. The molecule has 238 valence electrons. The number of nitrogens with one attached hydrogen (secondary N) is 1. The number of para-hydroxylation sites is 1. The molecule has 3 fully saturated rings. The molecule has 4 aromatic rings. The number of carbonyl (C=O) groups is 2. The Bertz CT molecular complexity index is 1760. The standard InChI is InChI=1S/C34H37FN8O3/c35-28-17-21(25-10-12-32(45)38-34(25)46)5-11-30(28)42-15-13-41(14-16-42)23-6-8-24(9-7-23)43-20-22(19-37-43)27-18-29(39-40-33(27)36)26-3-1-2-4-31(26)44/h1-5,11,17-20,23-25,44H,6-10,12-16H2,(H2,36,40)(H,38,45,46). The molecule has 46 heavy (non-hydrogen) atoms. The number of amides is 2. The van der Waals surface area contributed by atoms with E-state index in [1.54, 1.807) is 24.3 Å². The molecule has 2 aromatic carbocycles. The number of rotatable bonds is 6. The summed E-state index contributed by atoms with van der Waals surface area (Å²) < 4.78 is 17.2. The molecule has 1 saturated carbocycles. The summed E-state index contributed by atoms with van der Waals surface area (Å²) in [4.78, 5) is 28.3. The van der Waals surface area contributed by atoms with Gasteiger partial charge in [-0.2, -0.15) is 5.10 Å². The van der Waals surface area contributed by atoms with Crippen molar-refractivity contribution in [3.05, 3.63) is 72.3 Å². The highest BCUT2D eigenvalue weighted by atomic mass is 19.1. The van der Waals surface area contributed by atoms with Gasteiger partial charge in [0, 0.05) is 61.5 Å². The number of nitrogens with zero attached hydrogens (tertiary/aromatic N) is 6. The van der Waals surface area contributed by atoms with Crippen molar-refractivity contribution >= 4 is 23.3 Å². The van der Waals surface area contributed by atoms with Gasteiger partial charge in [-0.3, -0.25) is 24.5 Å². The minimum Gasteiger partial charge on any atom is -0.507 e. The smallest absolute Gasteiger partial charge is 0.234 e. The highest BCUT2D eigenvalue weighted by Crippen LogP contribution is 2.36.